The molecule has 2 aliphatic rings. The molecule has 12 heteroatoms. The number of fused-ring (bicyclic) bond motifs is 1. The minimum Gasteiger partial charge on any atom is -0.481 e. The van der Waals surface area contributed by atoms with E-state index < -0.39 is 53.8 Å². The van der Waals surface area contributed by atoms with E-state index in [1.165, 1.54) is 31.9 Å². The summed E-state index contributed by atoms with van der Waals surface area (Å²) in [6, 6.07) is 6.32. The highest BCUT2D eigenvalue weighted by atomic mass is 16.5. The van der Waals surface area contributed by atoms with E-state index in [2.05, 4.69) is 10.6 Å². The molecule has 4 amide bonds. The largest absolute Gasteiger partial charge is 0.481 e. The molecule has 3 N–H and O–H groups in total. The van der Waals surface area contributed by atoms with Gasteiger partial charge in [0.05, 0.1) is 31.5 Å². The van der Waals surface area contributed by atoms with Crippen molar-refractivity contribution in [2.75, 3.05) is 30.0 Å². The summed E-state index contributed by atoms with van der Waals surface area (Å²) in [6.45, 7) is 3.76. The summed E-state index contributed by atoms with van der Waals surface area (Å²) in [5.74, 6) is -3.10. The van der Waals surface area contributed by atoms with Crippen LogP contribution in [0.1, 0.15) is 33.6 Å². The van der Waals surface area contributed by atoms with E-state index in [-0.39, 0.29) is 23.8 Å². The van der Waals surface area contributed by atoms with Crippen LogP contribution in [0.4, 0.5) is 16.2 Å². The number of carbonyl (C=O) groups excluding carboxylic acids is 5. The van der Waals surface area contributed by atoms with Gasteiger partial charge in [-0.15, -0.1) is 0 Å². The first-order chi connectivity index (χ1) is 18.3. The molecule has 208 valence electrons. The standard InChI is InChI=1S/C27H32N4O8/c1-17-9-11-18(12-10-17)23(36)29-27(3)15-31(25(38)39-4)20-8-6-5-7-19(20)30(24(27)37)14-21(33)28-26(2,16-32)13-22(34)35/h5-9,11-12,16-17H,10,13-15H2,1-4H3,(H,28,33)(H,29,36)(H,34,35)/t17?,26?,27-/m0/s1. The average molecular weight is 541 g/mol. The van der Waals surface area contributed by atoms with Gasteiger partial charge in [-0.2, -0.15) is 0 Å². The zero-order chi connectivity index (χ0) is 29.0. The molecule has 1 heterocycles. The second-order valence-electron chi connectivity index (χ2n) is 10.1. The van der Waals surface area contributed by atoms with Crippen molar-refractivity contribution < 1.29 is 38.6 Å². The highest BCUT2D eigenvalue weighted by Crippen LogP contribution is 2.36. The molecule has 0 saturated carbocycles. The third-order valence-corrected chi connectivity index (χ3v) is 6.52. The summed E-state index contributed by atoms with van der Waals surface area (Å²) in [6.07, 6.45) is 4.79. The van der Waals surface area contributed by atoms with Crippen LogP contribution in [0.25, 0.3) is 0 Å². The molecule has 0 saturated heterocycles. The molecule has 1 aliphatic heterocycles. The highest BCUT2D eigenvalue weighted by molar-refractivity contribution is 6.12. The number of methoxy groups -OCH3 is 1. The molecule has 3 atom stereocenters. The van der Waals surface area contributed by atoms with E-state index in [9.17, 15) is 28.8 Å². The van der Waals surface area contributed by atoms with Crippen LogP contribution in [0.2, 0.25) is 0 Å². The Kier molecular flexibility index (Phi) is 8.58. The molecule has 0 fully saturated rings. The van der Waals surface area contributed by atoms with E-state index in [1.54, 1.807) is 30.4 Å². The van der Waals surface area contributed by atoms with Crippen molar-refractivity contribution in [1.82, 2.24) is 10.6 Å². The number of aliphatic carboxylic acids is 1. The monoisotopic (exact) mass is 540 g/mol. The number of anilines is 2. The molecular weight excluding hydrogens is 508 g/mol. The quantitative estimate of drug-likeness (QED) is 0.418. The molecule has 1 aromatic rings. The van der Waals surface area contributed by atoms with Crippen molar-refractivity contribution in [3.8, 4) is 0 Å². The first kappa shape index (κ1) is 29.1. The molecule has 2 unspecified atom stereocenters. The van der Waals surface area contributed by atoms with Crippen LogP contribution in [-0.2, 0) is 28.7 Å². The lowest BCUT2D eigenvalue weighted by Gasteiger charge is -2.34. The van der Waals surface area contributed by atoms with E-state index >= 15 is 0 Å². The number of nitrogens with one attached hydrogen (secondary N) is 2. The number of aldehydes is 1. The maximum absolute atomic E-state index is 14.1. The molecular formula is C27H32N4O8. The van der Waals surface area contributed by atoms with Crippen LogP contribution in [0.3, 0.4) is 0 Å². The van der Waals surface area contributed by atoms with Crippen molar-refractivity contribution in [3.63, 3.8) is 0 Å². The van der Waals surface area contributed by atoms with Crippen molar-refractivity contribution in [3.05, 3.63) is 48.1 Å². The molecule has 0 aromatic heterocycles. The smallest absolute Gasteiger partial charge is 0.414 e. The number of nitrogens with zero attached hydrogens (tertiary/aromatic N) is 2. The molecule has 3 rings (SSSR count). The summed E-state index contributed by atoms with van der Waals surface area (Å²) < 4.78 is 4.95. The topological polar surface area (TPSA) is 162 Å². The van der Waals surface area contributed by atoms with Gasteiger partial charge in [-0.3, -0.25) is 29.0 Å². The van der Waals surface area contributed by atoms with Gasteiger partial charge >= 0.3 is 12.1 Å². The van der Waals surface area contributed by atoms with Crippen molar-refractivity contribution in [2.45, 2.75) is 44.7 Å². The first-order valence-electron chi connectivity index (χ1n) is 12.3. The van der Waals surface area contributed by atoms with Gasteiger partial charge in [0, 0.05) is 5.57 Å². The zero-order valence-electron chi connectivity index (χ0n) is 22.2. The zero-order valence-corrected chi connectivity index (χ0v) is 22.2. The Bertz CT molecular complexity index is 1260. The fourth-order valence-electron chi connectivity index (χ4n) is 4.47. The Hall–Kier alpha value is -4.48. The number of hydrogen-bond acceptors (Lipinski definition) is 7. The Morgan fingerprint density at radius 2 is 1.90 bits per heavy atom. The van der Waals surface area contributed by atoms with Crippen LogP contribution < -0.4 is 20.4 Å². The molecule has 12 nitrogen and oxygen atoms in total. The van der Waals surface area contributed by atoms with Crippen molar-refractivity contribution in [1.29, 1.82) is 0 Å². The summed E-state index contributed by atoms with van der Waals surface area (Å²) in [5, 5.41) is 14.2. The molecule has 1 aliphatic carbocycles. The number of hydrogen-bond donors (Lipinski definition) is 3. The fraction of sp³-hybridized carbons (Fsp3) is 0.407. The fourth-order valence-corrected chi connectivity index (χ4v) is 4.47. The molecule has 39 heavy (non-hydrogen) atoms. The van der Waals surface area contributed by atoms with Crippen LogP contribution in [-0.4, -0.2) is 72.5 Å². The normalized spacial score (nSPS) is 22.0. The predicted octanol–water partition coefficient (Wildman–Crippen LogP) is 1.55. The maximum atomic E-state index is 14.1. The number of para-hydroxylation sites is 2. The van der Waals surface area contributed by atoms with Gasteiger partial charge < -0.3 is 25.3 Å². The van der Waals surface area contributed by atoms with Crippen LogP contribution >= 0.6 is 0 Å². The molecule has 0 bridgehead atoms. The van der Waals surface area contributed by atoms with Gasteiger partial charge in [-0.25, -0.2) is 4.79 Å². The van der Waals surface area contributed by atoms with Gasteiger partial charge in [0.1, 0.15) is 23.9 Å². The van der Waals surface area contributed by atoms with Crippen LogP contribution in [0.5, 0.6) is 0 Å². The number of carboxylic acid groups (broad SMARTS) is 1. The maximum Gasteiger partial charge on any atom is 0.414 e. The Balaban J connectivity index is 2.02. The van der Waals surface area contributed by atoms with Crippen molar-refractivity contribution in [2.24, 2.45) is 5.92 Å². The van der Waals surface area contributed by atoms with Gasteiger partial charge in [-0.05, 0) is 38.3 Å². The number of allylic oxidation sites excluding steroid dienone is 2. The SMILES string of the molecule is COC(=O)N1C[C@](C)(NC(=O)C2=CCC(C)C=C2)C(=O)N(CC(=O)NC(C)(C=O)CC(=O)O)c2ccccc21. The average Bonchev–Trinajstić information content (AvgIpc) is 2.97. The first-order valence-corrected chi connectivity index (χ1v) is 12.3. The number of carboxylic acids is 1. The van der Waals surface area contributed by atoms with E-state index in [1.807, 2.05) is 13.0 Å². The Morgan fingerprint density at radius 3 is 2.46 bits per heavy atom. The highest BCUT2D eigenvalue weighted by Gasteiger charge is 2.46. The number of rotatable bonds is 8. The third kappa shape index (κ3) is 6.51. The lowest BCUT2D eigenvalue weighted by atomic mass is 9.95. The lowest BCUT2D eigenvalue weighted by molar-refractivity contribution is -0.140. The van der Waals surface area contributed by atoms with E-state index in [0.717, 1.165) is 4.90 Å². The third-order valence-electron chi connectivity index (χ3n) is 6.52. The van der Waals surface area contributed by atoms with Crippen LogP contribution in [0, 0.1) is 5.92 Å². The second kappa shape index (κ2) is 11.5. The minimum absolute atomic E-state index is 0.178. The number of benzene rings is 1. The molecule has 0 radical (unpaired) electrons. The van der Waals surface area contributed by atoms with Crippen LogP contribution in [0.15, 0.2) is 48.1 Å². The summed E-state index contributed by atoms with van der Waals surface area (Å²) in [4.78, 5) is 78.2. The number of amides is 4. The molecule has 1 aromatic carbocycles. The second-order valence-corrected chi connectivity index (χ2v) is 10.1. The van der Waals surface area contributed by atoms with Crippen molar-refractivity contribution >= 4 is 47.4 Å². The summed E-state index contributed by atoms with van der Waals surface area (Å²) >= 11 is 0. The number of ether oxygens (including phenoxy) is 1. The Morgan fingerprint density at radius 1 is 1.23 bits per heavy atom. The number of carbonyl (C=O) groups is 6. The minimum atomic E-state index is -1.72. The van der Waals surface area contributed by atoms with Gasteiger partial charge in [0.25, 0.3) is 11.8 Å². The van der Waals surface area contributed by atoms with Gasteiger partial charge in [0.2, 0.25) is 5.91 Å². The predicted molar refractivity (Wildman–Crippen MR) is 141 cm³/mol. The molecule has 0 spiro atoms. The lowest BCUT2D eigenvalue weighted by Crippen LogP contribution is -2.63. The summed E-state index contributed by atoms with van der Waals surface area (Å²) in [5.41, 5.74) is -2.65. The van der Waals surface area contributed by atoms with Gasteiger partial charge in [-0.1, -0.05) is 37.3 Å². The Labute approximate surface area is 225 Å². The van der Waals surface area contributed by atoms with Gasteiger partial charge in [0.15, 0.2) is 0 Å². The van der Waals surface area contributed by atoms with E-state index in [0.29, 0.717) is 18.3 Å². The van der Waals surface area contributed by atoms with E-state index in [4.69, 9.17) is 9.84 Å². The summed E-state index contributed by atoms with van der Waals surface area (Å²) in [7, 11) is 1.18.